The summed E-state index contributed by atoms with van der Waals surface area (Å²) in [5.41, 5.74) is 3.33. The molecule has 0 aliphatic carbocycles. The molecule has 0 amide bonds. The summed E-state index contributed by atoms with van der Waals surface area (Å²) in [6, 6.07) is 9.71. The van der Waals surface area contributed by atoms with Crippen LogP contribution in [0.4, 0.5) is 0 Å². The zero-order valence-electron chi connectivity index (χ0n) is 13.4. The first-order chi connectivity index (χ1) is 8.93. The zero-order valence-corrected chi connectivity index (χ0v) is 13.4. The third-order valence-electron chi connectivity index (χ3n) is 3.88. The Bertz CT molecular complexity index is 348. The minimum atomic E-state index is 0.422. The molecule has 1 aromatic rings. The molecule has 0 spiro atoms. The van der Waals surface area contributed by atoms with Gasteiger partial charge in [0.05, 0.1) is 0 Å². The third kappa shape index (κ3) is 6.77. The van der Waals surface area contributed by atoms with Gasteiger partial charge in [0.1, 0.15) is 0 Å². The van der Waals surface area contributed by atoms with Gasteiger partial charge in [0.25, 0.3) is 0 Å². The van der Waals surface area contributed by atoms with Gasteiger partial charge < -0.3 is 5.32 Å². The molecule has 0 radical (unpaired) electrons. The molecule has 0 aromatic heterocycles. The van der Waals surface area contributed by atoms with Crippen molar-refractivity contribution in [3.63, 3.8) is 0 Å². The van der Waals surface area contributed by atoms with Crippen molar-refractivity contribution in [3.8, 4) is 0 Å². The van der Waals surface area contributed by atoms with E-state index in [0.29, 0.717) is 11.5 Å². The molecule has 0 saturated carbocycles. The summed E-state index contributed by atoms with van der Waals surface area (Å²) in [4.78, 5) is 0. The number of hydrogen-bond acceptors (Lipinski definition) is 1. The molecule has 0 bridgehead atoms. The minimum Gasteiger partial charge on any atom is -0.315 e. The first-order valence-electron chi connectivity index (χ1n) is 7.74. The SMILES string of the molecule is CCc1ccc(CCC(C)(C)CCNC(C)C)cc1. The van der Waals surface area contributed by atoms with Crippen LogP contribution in [-0.2, 0) is 12.8 Å². The van der Waals surface area contributed by atoms with Crippen molar-refractivity contribution in [1.29, 1.82) is 0 Å². The van der Waals surface area contributed by atoms with Gasteiger partial charge in [-0.25, -0.2) is 0 Å². The zero-order chi connectivity index (χ0) is 14.3. The lowest BCUT2D eigenvalue weighted by molar-refractivity contribution is 0.298. The fourth-order valence-electron chi connectivity index (χ4n) is 2.25. The number of nitrogens with one attached hydrogen (secondary N) is 1. The lowest BCUT2D eigenvalue weighted by atomic mass is 9.83. The Morgan fingerprint density at radius 1 is 1.00 bits per heavy atom. The Hall–Kier alpha value is -0.820. The van der Waals surface area contributed by atoms with E-state index in [1.165, 1.54) is 30.4 Å². The highest BCUT2D eigenvalue weighted by Gasteiger charge is 2.17. The molecule has 1 aromatic carbocycles. The van der Waals surface area contributed by atoms with Crippen LogP contribution in [-0.4, -0.2) is 12.6 Å². The molecule has 108 valence electrons. The Kier molecular flexibility index (Phi) is 6.57. The maximum Gasteiger partial charge on any atom is 0.00103 e. The van der Waals surface area contributed by atoms with Gasteiger partial charge in [-0.1, -0.05) is 58.9 Å². The minimum absolute atomic E-state index is 0.422. The number of rotatable bonds is 8. The molecule has 0 saturated heterocycles. The van der Waals surface area contributed by atoms with Crippen LogP contribution in [0.2, 0.25) is 0 Å². The second kappa shape index (κ2) is 7.69. The van der Waals surface area contributed by atoms with Gasteiger partial charge in [-0.05, 0) is 48.8 Å². The molecule has 1 rings (SSSR count). The maximum atomic E-state index is 3.51. The Balaban J connectivity index is 2.36. The van der Waals surface area contributed by atoms with Gasteiger partial charge in [-0.2, -0.15) is 0 Å². The summed E-state index contributed by atoms with van der Waals surface area (Å²) in [5, 5.41) is 3.51. The monoisotopic (exact) mass is 261 g/mol. The normalized spacial score (nSPS) is 12.1. The second-order valence-corrected chi connectivity index (χ2v) is 6.69. The lowest BCUT2D eigenvalue weighted by Gasteiger charge is -2.25. The van der Waals surface area contributed by atoms with Crippen molar-refractivity contribution in [1.82, 2.24) is 5.32 Å². The molecule has 0 aliphatic heterocycles. The van der Waals surface area contributed by atoms with E-state index in [1.54, 1.807) is 0 Å². The van der Waals surface area contributed by atoms with Crippen molar-refractivity contribution in [2.24, 2.45) is 5.41 Å². The summed E-state index contributed by atoms with van der Waals surface area (Å²) in [7, 11) is 0. The average Bonchev–Trinajstić information content (AvgIpc) is 2.36. The van der Waals surface area contributed by atoms with E-state index in [1.807, 2.05) is 0 Å². The van der Waals surface area contributed by atoms with Crippen LogP contribution in [0.1, 0.15) is 58.6 Å². The molecule has 1 heteroatoms. The summed E-state index contributed by atoms with van der Waals surface area (Å²) in [5.74, 6) is 0. The molecule has 0 atom stereocenters. The second-order valence-electron chi connectivity index (χ2n) is 6.69. The molecule has 0 unspecified atom stereocenters. The van der Waals surface area contributed by atoms with Gasteiger partial charge in [0, 0.05) is 6.04 Å². The first-order valence-corrected chi connectivity index (χ1v) is 7.74. The summed E-state index contributed by atoms with van der Waals surface area (Å²) >= 11 is 0. The quantitative estimate of drug-likeness (QED) is 0.721. The highest BCUT2D eigenvalue weighted by Crippen LogP contribution is 2.26. The predicted molar refractivity (Wildman–Crippen MR) is 85.7 cm³/mol. The number of aryl methyl sites for hydroxylation is 2. The topological polar surface area (TPSA) is 12.0 Å². The van der Waals surface area contributed by atoms with Crippen molar-refractivity contribution < 1.29 is 0 Å². The third-order valence-corrected chi connectivity index (χ3v) is 3.88. The van der Waals surface area contributed by atoms with Crippen molar-refractivity contribution >= 4 is 0 Å². The molecular formula is C18H31N. The van der Waals surface area contributed by atoms with E-state index < -0.39 is 0 Å². The molecule has 0 aliphatic rings. The molecule has 0 heterocycles. The van der Waals surface area contributed by atoms with Gasteiger partial charge in [0.15, 0.2) is 0 Å². The Morgan fingerprint density at radius 2 is 1.58 bits per heavy atom. The van der Waals surface area contributed by atoms with Crippen LogP contribution in [0.25, 0.3) is 0 Å². The van der Waals surface area contributed by atoms with E-state index in [2.05, 4.69) is 64.2 Å². The Morgan fingerprint density at radius 3 is 2.11 bits per heavy atom. The van der Waals surface area contributed by atoms with Crippen LogP contribution < -0.4 is 5.32 Å². The summed E-state index contributed by atoms with van der Waals surface area (Å²) < 4.78 is 0. The van der Waals surface area contributed by atoms with Crippen LogP contribution >= 0.6 is 0 Å². The largest absolute Gasteiger partial charge is 0.315 e. The number of benzene rings is 1. The van der Waals surface area contributed by atoms with Crippen LogP contribution in [0.5, 0.6) is 0 Å². The smallest absolute Gasteiger partial charge is 0.00103 e. The fourth-order valence-corrected chi connectivity index (χ4v) is 2.25. The predicted octanol–water partition coefficient (Wildman–Crippen LogP) is 4.60. The highest BCUT2D eigenvalue weighted by atomic mass is 14.9. The van der Waals surface area contributed by atoms with Gasteiger partial charge in [0.2, 0.25) is 0 Å². The molecule has 0 fully saturated rings. The summed E-state index contributed by atoms with van der Waals surface area (Å²) in [6.45, 7) is 12.5. The van der Waals surface area contributed by atoms with E-state index in [9.17, 15) is 0 Å². The van der Waals surface area contributed by atoms with E-state index in [4.69, 9.17) is 0 Å². The van der Waals surface area contributed by atoms with Gasteiger partial charge >= 0.3 is 0 Å². The van der Waals surface area contributed by atoms with Crippen LogP contribution in [0.15, 0.2) is 24.3 Å². The summed E-state index contributed by atoms with van der Waals surface area (Å²) in [6.07, 6.45) is 4.84. The van der Waals surface area contributed by atoms with Gasteiger partial charge in [-0.3, -0.25) is 0 Å². The maximum absolute atomic E-state index is 3.51. The van der Waals surface area contributed by atoms with Crippen molar-refractivity contribution in [3.05, 3.63) is 35.4 Å². The van der Waals surface area contributed by atoms with E-state index in [-0.39, 0.29) is 0 Å². The van der Waals surface area contributed by atoms with Crippen molar-refractivity contribution in [2.45, 2.75) is 66.3 Å². The highest BCUT2D eigenvalue weighted by molar-refractivity contribution is 5.22. The molecule has 1 nitrogen and oxygen atoms in total. The molecule has 19 heavy (non-hydrogen) atoms. The van der Waals surface area contributed by atoms with Crippen LogP contribution in [0.3, 0.4) is 0 Å². The van der Waals surface area contributed by atoms with E-state index in [0.717, 1.165) is 13.0 Å². The molecule has 1 N–H and O–H groups in total. The van der Waals surface area contributed by atoms with Gasteiger partial charge in [-0.15, -0.1) is 0 Å². The fraction of sp³-hybridized carbons (Fsp3) is 0.667. The average molecular weight is 261 g/mol. The standard InChI is InChI=1S/C18H31N/c1-6-16-7-9-17(10-8-16)11-12-18(4,5)13-14-19-15(2)3/h7-10,15,19H,6,11-14H2,1-5H3. The Labute approximate surface area is 119 Å². The van der Waals surface area contributed by atoms with Crippen LogP contribution in [0, 0.1) is 5.41 Å². The van der Waals surface area contributed by atoms with E-state index >= 15 is 0 Å². The first kappa shape index (κ1) is 16.2. The molecular weight excluding hydrogens is 230 g/mol. The lowest BCUT2D eigenvalue weighted by Crippen LogP contribution is -2.28. The number of hydrogen-bond donors (Lipinski definition) is 1. The van der Waals surface area contributed by atoms with Crippen molar-refractivity contribution in [2.75, 3.05) is 6.54 Å².